The van der Waals surface area contributed by atoms with E-state index in [0.717, 1.165) is 6.42 Å². The molecule has 0 bridgehead atoms. The van der Waals surface area contributed by atoms with Gasteiger partial charge in [0, 0.05) is 19.0 Å². The van der Waals surface area contributed by atoms with Crippen LogP contribution in [0.25, 0.3) is 0 Å². The average Bonchev–Trinajstić information content (AvgIpc) is 2.17. The number of amides is 1. The van der Waals surface area contributed by atoms with Crippen LogP contribution in [0.1, 0.15) is 33.6 Å². The minimum atomic E-state index is -0.266. The number of nitrogens with zero attached hydrogens (tertiary/aromatic N) is 1. The van der Waals surface area contributed by atoms with Crippen LogP contribution in [0.15, 0.2) is 0 Å². The quantitative estimate of drug-likeness (QED) is 0.761. The monoisotopic (exact) mass is 215 g/mol. The summed E-state index contributed by atoms with van der Waals surface area (Å²) < 4.78 is 5.12. The summed E-state index contributed by atoms with van der Waals surface area (Å²) in [6.45, 7) is 6.93. The highest BCUT2D eigenvalue weighted by Gasteiger charge is 2.29. The van der Waals surface area contributed by atoms with Gasteiger partial charge in [0.25, 0.3) is 0 Å². The van der Waals surface area contributed by atoms with Gasteiger partial charge in [0.05, 0.1) is 12.2 Å². The summed E-state index contributed by atoms with van der Waals surface area (Å²) >= 11 is 0. The summed E-state index contributed by atoms with van der Waals surface area (Å²) in [5.74, 6) is 0.193. The van der Waals surface area contributed by atoms with Gasteiger partial charge in [-0.15, -0.1) is 0 Å². The van der Waals surface area contributed by atoms with Crippen molar-refractivity contribution in [2.75, 3.05) is 13.1 Å². The molecule has 1 aliphatic rings. The van der Waals surface area contributed by atoms with Crippen molar-refractivity contribution in [1.82, 2.24) is 4.90 Å². The van der Waals surface area contributed by atoms with Crippen molar-refractivity contribution < 1.29 is 14.6 Å². The Morgan fingerprint density at radius 3 is 2.80 bits per heavy atom. The van der Waals surface area contributed by atoms with E-state index in [4.69, 9.17) is 4.74 Å². The minimum absolute atomic E-state index is 0.0792. The molecule has 15 heavy (non-hydrogen) atoms. The van der Waals surface area contributed by atoms with E-state index in [0.29, 0.717) is 19.5 Å². The summed E-state index contributed by atoms with van der Waals surface area (Å²) in [7, 11) is 0. The molecule has 0 aromatic rings. The van der Waals surface area contributed by atoms with E-state index in [1.165, 1.54) is 0 Å². The standard InChI is InChI=1S/C11H21NO3/c1-4-9-7-12(6-5-10(9)13)11(14)15-8(2)3/h8-10,13H,4-7H2,1-3H3. The van der Waals surface area contributed by atoms with Gasteiger partial charge in [-0.2, -0.15) is 0 Å². The SMILES string of the molecule is CCC1CN(C(=O)OC(C)C)CCC1O. The maximum atomic E-state index is 11.6. The summed E-state index contributed by atoms with van der Waals surface area (Å²) in [6, 6.07) is 0. The maximum Gasteiger partial charge on any atom is 0.410 e. The van der Waals surface area contributed by atoms with Crippen LogP contribution in [0.2, 0.25) is 0 Å². The summed E-state index contributed by atoms with van der Waals surface area (Å²) in [4.78, 5) is 13.3. The minimum Gasteiger partial charge on any atom is -0.447 e. The molecule has 0 aliphatic carbocycles. The van der Waals surface area contributed by atoms with Gasteiger partial charge in [0.1, 0.15) is 0 Å². The number of carbonyl (C=O) groups excluding carboxylic acids is 1. The summed E-state index contributed by atoms with van der Waals surface area (Å²) in [6.07, 6.45) is 0.955. The Labute approximate surface area is 91.2 Å². The zero-order chi connectivity index (χ0) is 11.4. The molecule has 1 amide bonds. The summed E-state index contributed by atoms with van der Waals surface area (Å²) in [5.41, 5.74) is 0. The van der Waals surface area contributed by atoms with Crippen molar-refractivity contribution >= 4 is 6.09 Å². The second kappa shape index (κ2) is 5.35. The second-order valence-corrected chi connectivity index (χ2v) is 4.40. The second-order valence-electron chi connectivity index (χ2n) is 4.40. The molecule has 2 unspecified atom stereocenters. The molecule has 2 atom stereocenters. The molecule has 4 heteroatoms. The number of hydrogen-bond donors (Lipinski definition) is 1. The third-order valence-corrected chi connectivity index (χ3v) is 2.81. The van der Waals surface area contributed by atoms with Crippen LogP contribution in [-0.2, 0) is 4.74 Å². The van der Waals surface area contributed by atoms with E-state index in [1.807, 2.05) is 20.8 Å². The fraction of sp³-hybridized carbons (Fsp3) is 0.909. The molecule has 1 aliphatic heterocycles. The lowest BCUT2D eigenvalue weighted by molar-refractivity contribution is 0.0122. The van der Waals surface area contributed by atoms with Gasteiger partial charge in [-0.05, 0) is 26.7 Å². The van der Waals surface area contributed by atoms with E-state index < -0.39 is 0 Å². The molecule has 4 nitrogen and oxygen atoms in total. The van der Waals surface area contributed by atoms with Gasteiger partial charge in [-0.25, -0.2) is 4.79 Å². The Morgan fingerprint density at radius 2 is 2.27 bits per heavy atom. The van der Waals surface area contributed by atoms with E-state index in [9.17, 15) is 9.90 Å². The first-order valence-corrected chi connectivity index (χ1v) is 5.68. The fourth-order valence-corrected chi connectivity index (χ4v) is 1.86. The van der Waals surface area contributed by atoms with Crippen molar-refractivity contribution in [3.8, 4) is 0 Å². The predicted molar refractivity (Wildman–Crippen MR) is 57.6 cm³/mol. The molecular weight excluding hydrogens is 194 g/mol. The van der Waals surface area contributed by atoms with E-state index in [-0.39, 0.29) is 24.2 Å². The average molecular weight is 215 g/mol. The Kier molecular flexibility index (Phi) is 4.39. The molecular formula is C11H21NO3. The highest BCUT2D eigenvalue weighted by molar-refractivity contribution is 5.67. The van der Waals surface area contributed by atoms with Gasteiger partial charge < -0.3 is 14.7 Å². The number of hydrogen-bond acceptors (Lipinski definition) is 3. The molecule has 1 saturated heterocycles. The first-order chi connectivity index (χ1) is 7.04. The van der Waals surface area contributed by atoms with Crippen molar-refractivity contribution in [3.63, 3.8) is 0 Å². The van der Waals surface area contributed by atoms with E-state index in [1.54, 1.807) is 4.90 Å². The third kappa shape index (κ3) is 3.38. The zero-order valence-electron chi connectivity index (χ0n) is 9.77. The van der Waals surface area contributed by atoms with Gasteiger partial charge in [-0.1, -0.05) is 6.92 Å². The van der Waals surface area contributed by atoms with Gasteiger partial charge in [-0.3, -0.25) is 0 Å². The van der Waals surface area contributed by atoms with Crippen LogP contribution in [-0.4, -0.2) is 41.4 Å². The number of aliphatic hydroxyl groups is 1. The lowest BCUT2D eigenvalue weighted by Gasteiger charge is -2.35. The van der Waals surface area contributed by atoms with Crippen molar-refractivity contribution in [3.05, 3.63) is 0 Å². The van der Waals surface area contributed by atoms with Crippen LogP contribution in [0.3, 0.4) is 0 Å². The third-order valence-electron chi connectivity index (χ3n) is 2.81. The molecule has 0 aromatic heterocycles. The maximum absolute atomic E-state index is 11.6. The first-order valence-electron chi connectivity index (χ1n) is 5.68. The predicted octanol–water partition coefficient (Wildman–Crippen LogP) is 1.62. The number of carbonyl (C=O) groups is 1. The largest absolute Gasteiger partial charge is 0.447 e. The molecule has 0 spiro atoms. The molecule has 0 radical (unpaired) electrons. The van der Waals surface area contributed by atoms with Crippen LogP contribution in [0, 0.1) is 5.92 Å². The molecule has 1 heterocycles. The highest BCUT2D eigenvalue weighted by atomic mass is 16.6. The lowest BCUT2D eigenvalue weighted by Crippen LogP contribution is -2.46. The lowest BCUT2D eigenvalue weighted by atomic mass is 9.93. The number of rotatable bonds is 2. The number of ether oxygens (including phenoxy) is 1. The van der Waals surface area contributed by atoms with Crippen LogP contribution >= 0.6 is 0 Å². The number of likely N-dealkylation sites (tertiary alicyclic amines) is 1. The molecule has 88 valence electrons. The molecule has 1 N–H and O–H groups in total. The normalized spacial score (nSPS) is 26.9. The van der Waals surface area contributed by atoms with Crippen molar-refractivity contribution in [2.45, 2.75) is 45.8 Å². The number of piperidine rings is 1. The molecule has 1 fully saturated rings. The first kappa shape index (κ1) is 12.3. The molecule has 0 aromatic carbocycles. The Morgan fingerprint density at radius 1 is 1.60 bits per heavy atom. The molecule has 1 rings (SSSR count). The van der Waals surface area contributed by atoms with E-state index >= 15 is 0 Å². The van der Waals surface area contributed by atoms with Crippen molar-refractivity contribution in [2.24, 2.45) is 5.92 Å². The zero-order valence-corrected chi connectivity index (χ0v) is 9.77. The Balaban J connectivity index is 2.47. The van der Waals surface area contributed by atoms with Gasteiger partial charge in [0.15, 0.2) is 0 Å². The Bertz CT molecular complexity index is 218. The number of aliphatic hydroxyl groups excluding tert-OH is 1. The smallest absolute Gasteiger partial charge is 0.410 e. The molecule has 0 saturated carbocycles. The van der Waals surface area contributed by atoms with Crippen LogP contribution in [0.5, 0.6) is 0 Å². The van der Waals surface area contributed by atoms with Crippen LogP contribution < -0.4 is 0 Å². The Hall–Kier alpha value is -0.770. The van der Waals surface area contributed by atoms with E-state index in [2.05, 4.69) is 0 Å². The van der Waals surface area contributed by atoms with Crippen LogP contribution in [0.4, 0.5) is 4.79 Å². The van der Waals surface area contributed by atoms with Gasteiger partial charge in [0.2, 0.25) is 0 Å². The topological polar surface area (TPSA) is 49.8 Å². The summed E-state index contributed by atoms with van der Waals surface area (Å²) in [5, 5.41) is 9.67. The van der Waals surface area contributed by atoms with Gasteiger partial charge >= 0.3 is 6.09 Å². The highest BCUT2D eigenvalue weighted by Crippen LogP contribution is 2.20. The van der Waals surface area contributed by atoms with Crippen molar-refractivity contribution in [1.29, 1.82) is 0 Å². The fourth-order valence-electron chi connectivity index (χ4n) is 1.86.